The first-order chi connectivity index (χ1) is 6.97. The second-order valence-electron chi connectivity index (χ2n) is 3.85. The average molecular weight is 209 g/mol. The molecule has 1 heterocycles. The predicted molar refractivity (Wildman–Crippen MR) is 64.5 cm³/mol. The second-order valence-corrected chi connectivity index (χ2v) is 3.85. The van der Waals surface area contributed by atoms with E-state index in [1.807, 2.05) is 44.9 Å². The minimum absolute atomic E-state index is 0.674. The number of rotatable bonds is 3. The molecular weight excluding hydrogens is 190 g/mol. The van der Waals surface area contributed by atoms with Crippen LogP contribution in [0, 0.1) is 0 Å². The van der Waals surface area contributed by atoms with Crippen LogP contribution < -0.4 is 15.5 Å². The molecule has 0 atom stereocenters. The number of aromatic nitrogens is 2. The van der Waals surface area contributed by atoms with E-state index in [4.69, 9.17) is 5.73 Å². The molecule has 5 heteroatoms. The molecule has 15 heavy (non-hydrogen) atoms. The summed E-state index contributed by atoms with van der Waals surface area (Å²) in [6.07, 6.45) is 0.816. The molecule has 0 radical (unpaired) electrons. The Labute approximate surface area is 90.9 Å². The third kappa shape index (κ3) is 2.29. The van der Waals surface area contributed by atoms with Gasteiger partial charge in [0.25, 0.3) is 0 Å². The lowest BCUT2D eigenvalue weighted by Gasteiger charge is -2.19. The maximum absolute atomic E-state index is 5.98. The fourth-order valence-corrected chi connectivity index (χ4v) is 1.30. The monoisotopic (exact) mass is 209 g/mol. The van der Waals surface area contributed by atoms with Crippen LogP contribution >= 0.6 is 0 Å². The van der Waals surface area contributed by atoms with Crippen LogP contribution in [-0.2, 0) is 6.42 Å². The Bertz CT molecular complexity index is 346. The second kappa shape index (κ2) is 4.33. The van der Waals surface area contributed by atoms with Crippen LogP contribution in [0.5, 0.6) is 0 Å². The van der Waals surface area contributed by atoms with Crippen molar-refractivity contribution >= 4 is 17.5 Å². The maximum atomic E-state index is 5.98. The van der Waals surface area contributed by atoms with Crippen LogP contribution in [0.15, 0.2) is 0 Å². The summed E-state index contributed by atoms with van der Waals surface area (Å²) in [5, 5.41) is 0. The third-order valence-electron chi connectivity index (χ3n) is 2.15. The first-order valence-electron chi connectivity index (χ1n) is 4.98. The van der Waals surface area contributed by atoms with Crippen molar-refractivity contribution in [3.8, 4) is 0 Å². The van der Waals surface area contributed by atoms with Gasteiger partial charge in [0.2, 0.25) is 5.95 Å². The van der Waals surface area contributed by atoms with Gasteiger partial charge in [-0.1, -0.05) is 6.92 Å². The maximum Gasteiger partial charge on any atom is 0.227 e. The Hall–Kier alpha value is -1.52. The highest BCUT2D eigenvalue weighted by Crippen LogP contribution is 2.24. The summed E-state index contributed by atoms with van der Waals surface area (Å²) in [4.78, 5) is 12.6. The van der Waals surface area contributed by atoms with Crippen LogP contribution in [-0.4, -0.2) is 38.2 Å². The molecule has 2 N–H and O–H groups in total. The summed E-state index contributed by atoms with van der Waals surface area (Å²) in [5.74, 6) is 1.48. The molecule has 1 aromatic rings. The quantitative estimate of drug-likeness (QED) is 0.796. The van der Waals surface area contributed by atoms with E-state index in [9.17, 15) is 0 Å². The fraction of sp³-hybridized carbons (Fsp3) is 0.600. The molecule has 0 saturated heterocycles. The van der Waals surface area contributed by atoms with Gasteiger partial charge in [0.05, 0.1) is 11.4 Å². The molecule has 1 aromatic heterocycles. The van der Waals surface area contributed by atoms with Crippen molar-refractivity contribution in [1.82, 2.24) is 9.97 Å². The highest BCUT2D eigenvalue weighted by atomic mass is 15.3. The number of hydrogen-bond donors (Lipinski definition) is 1. The van der Waals surface area contributed by atoms with Crippen LogP contribution in [0.3, 0.4) is 0 Å². The van der Waals surface area contributed by atoms with Gasteiger partial charge in [-0.2, -0.15) is 4.98 Å². The van der Waals surface area contributed by atoms with Crippen molar-refractivity contribution in [3.63, 3.8) is 0 Å². The first kappa shape index (κ1) is 11.6. The molecule has 0 aliphatic heterocycles. The predicted octanol–water partition coefficient (Wildman–Crippen LogP) is 0.753. The molecule has 0 aromatic carbocycles. The van der Waals surface area contributed by atoms with Crippen molar-refractivity contribution in [1.29, 1.82) is 0 Å². The molecule has 0 unspecified atom stereocenters. The van der Waals surface area contributed by atoms with Crippen LogP contribution in [0.4, 0.5) is 17.5 Å². The number of nitrogens with zero attached hydrogens (tertiary/aromatic N) is 4. The normalized spacial score (nSPS) is 10.2. The Kier molecular flexibility index (Phi) is 3.34. The van der Waals surface area contributed by atoms with E-state index in [1.165, 1.54) is 0 Å². The van der Waals surface area contributed by atoms with Gasteiger partial charge >= 0.3 is 0 Å². The number of nitrogen functional groups attached to an aromatic ring is 1. The molecule has 5 nitrogen and oxygen atoms in total. The minimum atomic E-state index is 0.674. The Balaban J connectivity index is 3.32. The molecule has 0 fully saturated rings. The Morgan fingerprint density at radius 2 is 1.67 bits per heavy atom. The van der Waals surface area contributed by atoms with E-state index < -0.39 is 0 Å². The van der Waals surface area contributed by atoms with Crippen molar-refractivity contribution in [2.24, 2.45) is 0 Å². The Morgan fingerprint density at radius 3 is 2.07 bits per heavy atom. The molecular formula is C10H19N5. The van der Waals surface area contributed by atoms with Gasteiger partial charge < -0.3 is 15.5 Å². The third-order valence-corrected chi connectivity index (χ3v) is 2.15. The summed E-state index contributed by atoms with van der Waals surface area (Å²) >= 11 is 0. The van der Waals surface area contributed by atoms with Gasteiger partial charge in [-0.3, -0.25) is 0 Å². The zero-order valence-corrected chi connectivity index (χ0v) is 10.1. The van der Waals surface area contributed by atoms with Gasteiger partial charge in [0.1, 0.15) is 0 Å². The molecule has 84 valence electrons. The zero-order chi connectivity index (χ0) is 11.6. The van der Waals surface area contributed by atoms with E-state index in [1.54, 1.807) is 0 Å². The highest BCUT2D eigenvalue weighted by Gasteiger charge is 2.12. The average Bonchev–Trinajstić information content (AvgIpc) is 2.17. The summed E-state index contributed by atoms with van der Waals surface area (Å²) in [7, 11) is 7.70. The lowest BCUT2D eigenvalue weighted by molar-refractivity contribution is 0.925. The van der Waals surface area contributed by atoms with E-state index in [-0.39, 0.29) is 0 Å². The van der Waals surface area contributed by atoms with Crippen molar-refractivity contribution in [3.05, 3.63) is 5.69 Å². The molecule has 1 rings (SSSR count). The van der Waals surface area contributed by atoms with Gasteiger partial charge in [-0.25, -0.2) is 4.98 Å². The number of nitrogens with two attached hydrogens (primary N) is 1. The molecule has 0 saturated carbocycles. The van der Waals surface area contributed by atoms with E-state index in [2.05, 4.69) is 9.97 Å². The van der Waals surface area contributed by atoms with Gasteiger partial charge in [-0.05, 0) is 6.42 Å². The van der Waals surface area contributed by atoms with Crippen LogP contribution in [0.25, 0.3) is 0 Å². The molecule has 0 bridgehead atoms. The van der Waals surface area contributed by atoms with Crippen LogP contribution in [0.2, 0.25) is 0 Å². The summed E-state index contributed by atoms with van der Waals surface area (Å²) in [6.45, 7) is 2.04. The van der Waals surface area contributed by atoms with E-state index in [0.717, 1.165) is 17.9 Å². The summed E-state index contributed by atoms with van der Waals surface area (Å²) in [6, 6.07) is 0. The molecule has 0 aliphatic carbocycles. The highest BCUT2D eigenvalue weighted by molar-refractivity contribution is 5.66. The van der Waals surface area contributed by atoms with Gasteiger partial charge in [0, 0.05) is 28.2 Å². The SMILES string of the molecule is CCc1nc(N(C)C)nc(N(C)C)c1N. The molecule has 0 amide bonds. The van der Waals surface area contributed by atoms with Crippen molar-refractivity contribution in [2.75, 3.05) is 43.7 Å². The van der Waals surface area contributed by atoms with Crippen LogP contribution in [0.1, 0.15) is 12.6 Å². The minimum Gasteiger partial charge on any atom is -0.394 e. The lowest BCUT2D eigenvalue weighted by atomic mass is 10.2. The summed E-state index contributed by atoms with van der Waals surface area (Å²) in [5.41, 5.74) is 7.55. The number of anilines is 3. The largest absolute Gasteiger partial charge is 0.394 e. The van der Waals surface area contributed by atoms with E-state index >= 15 is 0 Å². The smallest absolute Gasteiger partial charge is 0.227 e. The van der Waals surface area contributed by atoms with Crippen molar-refractivity contribution in [2.45, 2.75) is 13.3 Å². The zero-order valence-electron chi connectivity index (χ0n) is 10.1. The molecule has 0 spiro atoms. The number of hydrogen-bond acceptors (Lipinski definition) is 5. The summed E-state index contributed by atoms with van der Waals surface area (Å²) < 4.78 is 0. The fourth-order valence-electron chi connectivity index (χ4n) is 1.30. The van der Waals surface area contributed by atoms with Gasteiger partial charge in [0.15, 0.2) is 5.82 Å². The topological polar surface area (TPSA) is 58.3 Å². The first-order valence-corrected chi connectivity index (χ1v) is 4.98. The van der Waals surface area contributed by atoms with Gasteiger partial charge in [-0.15, -0.1) is 0 Å². The van der Waals surface area contributed by atoms with E-state index in [0.29, 0.717) is 11.6 Å². The lowest BCUT2D eigenvalue weighted by Crippen LogP contribution is -2.20. The Morgan fingerprint density at radius 1 is 1.07 bits per heavy atom. The molecule has 0 aliphatic rings. The number of aryl methyl sites for hydroxylation is 1. The standard InChI is InChI=1S/C10H19N5/c1-6-7-8(11)9(14(2)3)13-10(12-7)15(4)5/h6,11H2,1-5H3. The van der Waals surface area contributed by atoms with Crippen molar-refractivity contribution < 1.29 is 0 Å².